The summed E-state index contributed by atoms with van der Waals surface area (Å²) in [5, 5.41) is 8.17. The number of amides is 1. The number of hydrogen-bond donors (Lipinski definition) is 0. The molecule has 33 heavy (non-hydrogen) atoms. The summed E-state index contributed by atoms with van der Waals surface area (Å²) in [5.41, 5.74) is 2.19. The van der Waals surface area contributed by atoms with E-state index in [0.717, 1.165) is 24.2 Å². The van der Waals surface area contributed by atoms with E-state index in [2.05, 4.69) is 20.2 Å². The average Bonchev–Trinajstić information content (AvgIpc) is 3.41. The number of hydrogen-bond acceptors (Lipinski definition) is 6. The molecule has 1 atom stereocenters. The van der Waals surface area contributed by atoms with Crippen molar-refractivity contribution in [1.29, 1.82) is 0 Å². The Bertz CT molecular complexity index is 1260. The smallest absolute Gasteiger partial charge is 0.253 e. The summed E-state index contributed by atoms with van der Waals surface area (Å²) in [6.45, 7) is 1.22. The van der Waals surface area contributed by atoms with Gasteiger partial charge in [-0.3, -0.25) is 14.3 Å². The van der Waals surface area contributed by atoms with Crippen molar-refractivity contribution in [3.05, 3.63) is 89.9 Å². The lowest BCUT2D eigenvalue weighted by Gasteiger charge is -2.33. The van der Waals surface area contributed by atoms with Crippen LogP contribution in [0.25, 0.3) is 5.69 Å². The Labute approximate surface area is 195 Å². The molecule has 4 aromatic rings. The minimum absolute atomic E-state index is 0.00918. The predicted molar refractivity (Wildman–Crippen MR) is 123 cm³/mol. The second-order valence-corrected chi connectivity index (χ2v) is 8.20. The second kappa shape index (κ2) is 9.38. The molecular formula is C24H21ClN6O2. The highest BCUT2D eigenvalue weighted by Gasteiger charge is 2.29. The molecule has 3 heterocycles. The third-order valence-electron chi connectivity index (χ3n) is 5.64. The van der Waals surface area contributed by atoms with Gasteiger partial charge in [0.15, 0.2) is 0 Å². The minimum atomic E-state index is -0.0212. The number of ether oxygens (including phenoxy) is 1. The summed E-state index contributed by atoms with van der Waals surface area (Å²) in [5.74, 6) is 0.928. The van der Waals surface area contributed by atoms with Crippen LogP contribution in [0.1, 0.15) is 34.8 Å². The summed E-state index contributed by atoms with van der Waals surface area (Å²) in [4.78, 5) is 24.1. The third kappa shape index (κ3) is 4.56. The van der Waals surface area contributed by atoms with Crippen molar-refractivity contribution in [2.24, 2.45) is 0 Å². The Kier molecular flexibility index (Phi) is 5.99. The first-order valence-electron chi connectivity index (χ1n) is 10.7. The molecule has 0 N–H and O–H groups in total. The normalized spacial score (nSPS) is 15.9. The molecule has 9 heteroatoms. The van der Waals surface area contributed by atoms with Gasteiger partial charge in [-0.1, -0.05) is 29.8 Å². The van der Waals surface area contributed by atoms with E-state index in [9.17, 15) is 4.79 Å². The SMILES string of the molecule is O=C(c1cccc(-n2cnnc2)c1)N1CCC[C@@H](c2nccnc2Oc2ccccc2Cl)C1. The van der Waals surface area contributed by atoms with Crippen molar-refractivity contribution in [2.75, 3.05) is 13.1 Å². The van der Waals surface area contributed by atoms with Crippen LogP contribution in [0.3, 0.4) is 0 Å². The lowest BCUT2D eigenvalue weighted by atomic mass is 9.94. The van der Waals surface area contributed by atoms with Gasteiger partial charge in [-0.2, -0.15) is 0 Å². The largest absolute Gasteiger partial charge is 0.436 e. The zero-order chi connectivity index (χ0) is 22.6. The van der Waals surface area contributed by atoms with Gasteiger partial charge in [-0.25, -0.2) is 4.98 Å². The Morgan fingerprint density at radius 2 is 1.85 bits per heavy atom. The molecule has 1 aliphatic heterocycles. The fourth-order valence-electron chi connectivity index (χ4n) is 4.03. The summed E-state index contributed by atoms with van der Waals surface area (Å²) in [6.07, 6.45) is 8.21. The molecule has 1 fully saturated rings. The number of piperidine rings is 1. The van der Waals surface area contributed by atoms with Gasteiger partial charge in [0.2, 0.25) is 5.88 Å². The van der Waals surface area contributed by atoms with Gasteiger partial charge in [0.05, 0.1) is 5.02 Å². The van der Waals surface area contributed by atoms with E-state index >= 15 is 0 Å². The molecule has 2 aromatic carbocycles. The van der Waals surface area contributed by atoms with Crippen LogP contribution < -0.4 is 4.74 Å². The molecule has 0 radical (unpaired) electrons. The van der Waals surface area contributed by atoms with E-state index < -0.39 is 0 Å². The molecule has 1 aliphatic rings. The van der Waals surface area contributed by atoms with Crippen LogP contribution in [-0.4, -0.2) is 48.6 Å². The topological polar surface area (TPSA) is 86.0 Å². The van der Waals surface area contributed by atoms with Crippen LogP contribution in [0.4, 0.5) is 0 Å². The Hall–Kier alpha value is -3.78. The summed E-state index contributed by atoms with van der Waals surface area (Å²) in [6, 6.07) is 14.7. The number of nitrogens with zero attached hydrogens (tertiary/aromatic N) is 6. The van der Waals surface area contributed by atoms with Crippen molar-refractivity contribution >= 4 is 17.5 Å². The molecule has 0 aliphatic carbocycles. The molecular weight excluding hydrogens is 440 g/mol. The van der Waals surface area contributed by atoms with Crippen LogP contribution in [0, 0.1) is 0 Å². The minimum Gasteiger partial charge on any atom is -0.436 e. The lowest BCUT2D eigenvalue weighted by molar-refractivity contribution is 0.0704. The number of carbonyl (C=O) groups excluding carboxylic acids is 1. The Morgan fingerprint density at radius 1 is 1.03 bits per heavy atom. The van der Waals surface area contributed by atoms with Crippen molar-refractivity contribution < 1.29 is 9.53 Å². The first-order valence-corrected chi connectivity index (χ1v) is 11.0. The van der Waals surface area contributed by atoms with Gasteiger partial charge in [0.1, 0.15) is 24.1 Å². The molecule has 0 bridgehead atoms. The van der Waals surface area contributed by atoms with Crippen molar-refractivity contribution in [3.63, 3.8) is 0 Å². The molecule has 8 nitrogen and oxygen atoms in total. The van der Waals surface area contributed by atoms with Crippen LogP contribution in [0.2, 0.25) is 5.02 Å². The van der Waals surface area contributed by atoms with Gasteiger partial charge < -0.3 is 9.64 Å². The number of aromatic nitrogens is 5. The van der Waals surface area contributed by atoms with Crippen LogP contribution in [-0.2, 0) is 0 Å². The lowest BCUT2D eigenvalue weighted by Crippen LogP contribution is -2.39. The first-order chi connectivity index (χ1) is 16.2. The Morgan fingerprint density at radius 3 is 2.70 bits per heavy atom. The molecule has 166 valence electrons. The van der Waals surface area contributed by atoms with Gasteiger partial charge in [-0.05, 0) is 43.2 Å². The predicted octanol–water partition coefficient (Wildman–Crippen LogP) is 4.52. The zero-order valence-corrected chi connectivity index (χ0v) is 18.5. The quantitative estimate of drug-likeness (QED) is 0.435. The van der Waals surface area contributed by atoms with Crippen molar-refractivity contribution in [1.82, 2.24) is 29.6 Å². The maximum atomic E-state index is 13.3. The highest BCUT2D eigenvalue weighted by atomic mass is 35.5. The molecule has 5 rings (SSSR count). The maximum absolute atomic E-state index is 13.3. The van der Waals surface area contributed by atoms with E-state index in [0.29, 0.717) is 35.3 Å². The molecule has 1 amide bonds. The van der Waals surface area contributed by atoms with Gasteiger partial charge in [-0.15, -0.1) is 10.2 Å². The number of para-hydroxylation sites is 1. The maximum Gasteiger partial charge on any atom is 0.253 e. The zero-order valence-electron chi connectivity index (χ0n) is 17.7. The van der Waals surface area contributed by atoms with Crippen LogP contribution >= 0.6 is 11.6 Å². The van der Waals surface area contributed by atoms with E-state index in [-0.39, 0.29) is 11.8 Å². The summed E-state index contributed by atoms with van der Waals surface area (Å²) >= 11 is 6.26. The average molecular weight is 461 g/mol. The van der Waals surface area contributed by atoms with Gasteiger partial charge >= 0.3 is 0 Å². The number of carbonyl (C=O) groups is 1. The van der Waals surface area contributed by atoms with Crippen molar-refractivity contribution in [2.45, 2.75) is 18.8 Å². The molecule has 0 spiro atoms. The van der Waals surface area contributed by atoms with E-state index in [1.165, 1.54) is 0 Å². The van der Waals surface area contributed by atoms with E-state index in [4.69, 9.17) is 16.3 Å². The molecule has 1 saturated heterocycles. The van der Waals surface area contributed by atoms with Gasteiger partial charge in [0, 0.05) is 42.7 Å². The number of halogens is 1. The highest BCUT2D eigenvalue weighted by Crippen LogP contribution is 2.35. The second-order valence-electron chi connectivity index (χ2n) is 7.79. The van der Waals surface area contributed by atoms with Gasteiger partial charge in [0.25, 0.3) is 5.91 Å². The fourth-order valence-corrected chi connectivity index (χ4v) is 4.20. The van der Waals surface area contributed by atoms with Crippen molar-refractivity contribution in [3.8, 4) is 17.3 Å². The van der Waals surface area contributed by atoms with Crippen LogP contribution in [0.5, 0.6) is 11.6 Å². The molecule has 2 aromatic heterocycles. The fraction of sp³-hybridized carbons (Fsp3) is 0.208. The highest BCUT2D eigenvalue weighted by molar-refractivity contribution is 6.32. The summed E-state index contributed by atoms with van der Waals surface area (Å²) < 4.78 is 7.78. The molecule has 0 saturated carbocycles. The van der Waals surface area contributed by atoms with E-state index in [1.54, 1.807) is 41.7 Å². The number of benzene rings is 2. The standard InChI is InChI=1S/C24H21ClN6O2/c25-20-8-1-2-9-21(20)33-23-22(26-10-11-27-23)18-6-4-12-30(14-18)24(32)17-5-3-7-19(13-17)31-15-28-29-16-31/h1-3,5,7-11,13,15-16,18H,4,6,12,14H2/t18-/m1/s1. The third-order valence-corrected chi connectivity index (χ3v) is 5.95. The van der Waals surface area contributed by atoms with E-state index in [1.807, 2.05) is 41.3 Å². The number of rotatable bonds is 5. The monoisotopic (exact) mass is 460 g/mol. The number of likely N-dealkylation sites (tertiary alicyclic amines) is 1. The summed E-state index contributed by atoms with van der Waals surface area (Å²) in [7, 11) is 0. The van der Waals surface area contributed by atoms with Crippen LogP contribution in [0.15, 0.2) is 73.6 Å². The first kappa shape index (κ1) is 21.1. The Balaban J connectivity index is 1.36. The molecule has 0 unspecified atom stereocenters.